The molecule has 0 aromatic carbocycles. The summed E-state index contributed by atoms with van der Waals surface area (Å²) in [6, 6.07) is 0. The normalized spacial score (nSPS) is 48.3. The zero-order valence-corrected chi connectivity index (χ0v) is 11.3. The van der Waals surface area contributed by atoms with Crippen molar-refractivity contribution in [1.29, 1.82) is 0 Å². The lowest BCUT2D eigenvalue weighted by Crippen LogP contribution is -2.40. The van der Waals surface area contributed by atoms with Crippen molar-refractivity contribution in [3.8, 4) is 0 Å². The summed E-state index contributed by atoms with van der Waals surface area (Å²) in [5, 5.41) is 1.01. The minimum Gasteiger partial charge on any atom is -0.462 e. The fourth-order valence-corrected chi connectivity index (χ4v) is 4.71. The van der Waals surface area contributed by atoms with Gasteiger partial charge < -0.3 is 4.74 Å². The third-order valence-corrected chi connectivity index (χ3v) is 6.18. The number of carbonyl (C=O) groups excluding carboxylic acids is 1. The van der Waals surface area contributed by atoms with Crippen LogP contribution in [-0.4, -0.2) is 17.4 Å². The highest BCUT2D eigenvalue weighted by Crippen LogP contribution is 2.66. The van der Waals surface area contributed by atoms with Crippen molar-refractivity contribution in [3.63, 3.8) is 0 Å². The second-order valence-corrected chi connectivity index (χ2v) is 6.10. The predicted octanol–water partition coefficient (Wildman–Crippen LogP) is 3.14. The molecule has 0 N–H and O–H groups in total. The van der Waals surface area contributed by atoms with Crippen LogP contribution >= 0.6 is 15.9 Å². The van der Waals surface area contributed by atoms with Gasteiger partial charge in [0.05, 0.1) is 0 Å². The summed E-state index contributed by atoms with van der Waals surface area (Å²) < 4.78 is 5.49. The van der Waals surface area contributed by atoms with Gasteiger partial charge in [0.2, 0.25) is 0 Å². The average Bonchev–Trinajstić information content (AvgIpc) is 2.52. The fraction of sp³-hybridized carbons (Fsp3) is 0.917. The van der Waals surface area contributed by atoms with Crippen molar-refractivity contribution in [1.82, 2.24) is 0 Å². The summed E-state index contributed by atoms with van der Waals surface area (Å²) in [7, 11) is 0. The number of hydrogen-bond acceptors (Lipinski definition) is 2. The van der Waals surface area contributed by atoms with Gasteiger partial charge >= 0.3 is 5.97 Å². The van der Waals surface area contributed by atoms with Crippen molar-refractivity contribution in [2.75, 3.05) is 5.33 Å². The van der Waals surface area contributed by atoms with Gasteiger partial charge in [-0.05, 0) is 30.6 Å². The van der Waals surface area contributed by atoms with E-state index in [1.54, 1.807) is 0 Å². The van der Waals surface area contributed by atoms with Crippen LogP contribution in [-0.2, 0) is 9.53 Å². The Morgan fingerprint density at radius 1 is 1.53 bits per heavy atom. The van der Waals surface area contributed by atoms with E-state index in [1.807, 2.05) is 0 Å². The second kappa shape index (κ2) is 3.47. The first kappa shape index (κ1) is 11.4. The quantitative estimate of drug-likeness (QED) is 0.571. The maximum absolute atomic E-state index is 11.1. The molecular formula is C12H19BrO2. The highest BCUT2D eigenvalue weighted by Gasteiger charge is 2.64. The van der Waals surface area contributed by atoms with Gasteiger partial charge in [0, 0.05) is 17.7 Å². The van der Waals surface area contributed by atoms with Gasteiger partial charge in [-0.2, -0.15) is 0 Å². The van der Waals surface area contributed by atoms with Gasteiger partial charge in [-0.25, -0.2) is 0 Å². The molecule has 0 heterocycles. The maximum atomic E-state index is 11.1. The van der Waals surface area contributed by atoms with Crippen LogP contribution in [0.2, 0.25) is 0 Å². The van der Waals surface area contributed by atoms with Crippen LogP contribution in [0.15, 0.2) is 0 Å². The Bertz CT molecular complexity index is 291. The monoisotopic (exact) mass is 274 g/mol. The van der Waals surface area contributed by atoms with Crippen molar-refractivity contribution in [2.24, 2.45) is 16.7 Å². The minimum absolute atomic E-state index is 0.134. The molecule has 0 radical (unpaired) electrons. The SMILES string of the molecule is CC(=O)O[C@@H]1C[C@H]2CC[C@@]1(C)[C@]2(C)CBr. The summed E-state index contributed by atoms with van der Waals surface area (Å²) >= 11 is 3.64. The molecule has 0 spiro atoms. The van der Waals surface area contributed by atoms with Crippen molar-refractivity contribution < 1.29 is 9.53 Å². The van der Waals surface area contributed by atoms with E-state index in [9.17, 15) is 4.79 Å². The first-order valence-corrected chi connectivity index (χ1v) is 6.79. The van der Waals surface area contributed by atoms with E-state index in [0.717, 1.165) is 11.8 Å². The Balaban J connectivity index is 2.25. The Morgan fingerprint density at radius 3 is 2.67 bits per heavy atom. The topological polar surface area (TPSA) is 26.3 Å². The van der Waals surface area contributed by atoms with Crippen LogP contribution in [0.4, 0.5) is 0 Å². The molecule has 2 aliphatic rings. The van der Waals surface area contributed by atoms with E-state index in [2.05, 4.69) is 29.8 Å². The number of rotatable bonds is 2. The van der Waals surface area contributed by atoms with E-state index in [-0.39, 0.29) is 17.5 Å². The molecule has 2 nitrogen and oxygen atoms in total. The lowest BCUT2D eigenvalue weighted by molar-refractivity contribution is -0.153. The number of ether oxygens (including phenoxy) is 1. The summed E-state index contributed by atoms with van der Waals surface area (Å²) in [5.74, 6) is 0.580. The number of hydrogen-bond donors (Lipinski definition) is 0. The molecule has 15 heavy (non-hydrogen) atoms. The third kappa shape index (κ3) is 1.38. The molecule has 2 aliphatic carbocycles. The average molecular weight is 275 g/mol. The standard InChI is InChI=1S/C12H19BrO2/c1-8(14)15-10-6-9-4-5-11(10,2)12(9,3)7-13/h9-10H,4-7H2,1-3H3/t9-,10-,11-,12-/m1/s1. The van der Waals surface area contributed by atoms with Crippen LogP contribution in [0, 0.1) is 16.7 Å². The number of carbonyl (C=O) groups is 1. The lowest BCUT2D eigenvalue weighted by Gasteiger charge is -2.39. The van der Waals surface area contributed by atoms with E-state index in [4.69, 9.17) is 4.74 Å². The highest BCUT2D eigenvalue weighted by molar-refractivity contribution is 9.09. The van der Waals surface area contributed by atoms with Crippen molar-refractivity contribution in [2.45, 2.75) is 46.1 Å². The number of fused-ring (bicyclic) bond motifs is 2. The molecule has 0 amide bonds. The molecule has 2 rings (SSSR count). The van der Waals surface area contributed by atoms with Crippen molar-refractivity contribution >= 4 is 21.9 Å². The Hall–Kier alpha value is -0.0500. The summed E-state index contributed by atoms with van der Waals surface area (Å²) in [5.41, 5.74) is 0.472. The molecule has 0 aromatic heterocycles. The zero-order chi connectivity index (χ0) is 11.3. The highest BCUT2D eigenvalue weighted by atomic mass is 79.9. The summed E-state index contributed by atoms with van der Waals surface area (Å²) in [4.78, 5) is 11.1. The molecule has 2 fully saturated rings. The van der Waals surface area contributed by atoms with Crippen LogP contribution in [0.25, 0.3) is 0 Å². The summed E-state index contributed by atoms with van der Waals surface area (Å²) in [6.45, 7) is 6.14. The van der Waals surface area contributed by atoms with Gasteiger partial charge in [0.1, 0.15) is 6.10 Å². The van der Waals surface area contributed by atoms with Crippen LogP contribution in [0.1, 0.15) is 40.0 Å². The van der Waals surface area contributed by atoms with Gasteiger partial charge in [0.15, 0.2) is 0 Å². The van der Waals surface area contributed by atoms with Crippen LogP contribution < -0.4 is 0 Å². The van der Waals surface area contributed by atoms with E-state index in [1.165, 1.54) is 19.8 Å². The molecule has 0 aliphatic heterocycles. The first-order valence-electron chi connectivity index (χ1n) is 5.67. The third-order valence-electron chi connectivity index (χ3n) is 5.01. The van der Waals surface area contributed by atoms with E-state index in [0.29, 0.717) is 11.3 Å². The Morgan fingerprint density at radius 2 is 2.20 bits per heavy atom. The van der Waals surface area contributed by atoms with E-state index < -0.39 is 0 Å². The Labute approximate surface area is 99.9 Å². The van der Waals surface area contributed by atoms with Gasteiger partial charge in [-0.1, -0.05) is 29.8 Å². The minimum atomic E-state index is -0.134. The van der Waals surface area contributed by atoms with Gasteiger partial charge in [-0.15, -0.1) is 0 Å². The molecule has 2 saturated carbocycles. The fourth-order valence-electron chi connectivity index (χ4n) is 3.61. The maximum Gasteiger partial charge on any atom is 0.302 e. The number of alkyl halides is 1. The molecule has 4 atom stereocenters. The molecule has 86 valence electrons. The molecule has 0 unspecified atom stereocenters. The first-order chi connectivity index (χ1) is 6.94. The molecule has 3 heteroatoms. The lowest BCUT2D eigenvalue weighted by atomic mass is 9.70. The van der Waals surface area contributed by atoms with Gasteiger partial charge in [-0.3, -0.25) is 4.79 Å². The van der Waals surface area contributed by atoms with E-state index >= 15 is 0 Å². The zero-order valence-electron chi connectivity index (χ0n) is 9.68. The molecule has 0 aromatic rings. The Kier molecular flexibility index (Phi) is 2.65. The van der Waals surface area contributed by atoms with Gasteiger partial charge in [0.25, 0.3) is 0 Å². The molecule has 0 saturated heterocycles. The van der Waals surface area contributed by atoms with Crippen molar-refractivity contribution in [3.05, 3.63) is 0 Å². The predicted molar refractivity (Wildman–Crippen MR) is 62.9 cm³/mol. The number of halogens is 1. The van der Waals surface area contributed by atoms with Crippen LogP contribution in [0.5, 0.6) is 0 Å². The smallest absolute Gasteiger partial charge is 0.302 e. The number of esters is 1. The second-order valence-electron chi connectivity index (χ2n) is 5.54. The largest absolute Gasteiger partial charge is 0.462 e. The van der Waals surface area contributed by atoms with Crippen LogP contribution in [0.3, 0.4) is 0 Å². The molecular weight excluding hydrogens is 256 g/mol. The summed E-state index contributed by atoms with van der Waals surface area (Å²) in [6.07, 6.45) is 3.67. The molecule has 2 bridgehead atoms.